The molecular formula is C22H15F2N3O2. The fourth-order valence-corrected chi connectivity index (χ4v) is 3.08. The number of pyridine rings is 2. The molecule has 4 aromatic rings. The molecule has 0 unspecified atom stereocenters. The number of carbonyl (C=O) groups is 1. The van der Waals surface area contributed by atoms with E-state index in [-0.39, 0.29) is 17.8 Å². The Balaban J connectivity index is 1.81. The Bertz CT molecular complexity index is 1280. The number of nitrogens with one attached hydrogen (secondary N) is 1. The van der Waals surface area contributed by atoms with E-state index in [1.165, 1.54) is 41.1 Å². The van der Waals surface area contributed by atoms with E-state index in [2.05, 4.69) is 10.3 Å². The number of anilines is 1. The van der Waals surface area contributed by atoms with E-state index in [0.717, 1.165) is 6.07 Å². The van der Waals surface area contributed by atoms with E-state index in [0.29, 0.717) is 16.6 Å². The monoisotopic (exact) mass is 391 g/mol. The third kappa shape index (κ3) is 3.75. The number of rotatable bonds is 4. The summed E-state index contributed by atoms with van der Waals surface area (Å²) < 4.78 is 28.8. The van der Waals surface area contributed by atoms with Gasteiger partial charge in [0.2, 0.25) is 0 Å². The van der Waals surface area contributed by atoms with E-state index in [4.69, 9.17) is 0 Å². The first kappa shape index (κ1) is 18.5. The van der Waals surface area contributed by atoms with Crippen molar-refractivity contribution >= 4 is 22.6 Å². The lowest BCUT2D eigenvalue weighted by Crippen LogP contribution is -2.30. The first-order chi connectivity index (χ1) is 14.0. The number of benzene rings is 2. The minimum absolute atomic E-state index is 0.0832. The van der Waals surface area contributed by atoms with Crippen molar-refractivity contribution < 1.29 is 13.6 Å². The molecule has 5 nitrogen and oxygen atoms in total. The topological polar surface area (TPSA) is 64.0 Å². The van der Waals surface area contributed by atoms with Gasteiger partial charge in [0.15, 0.2) is 0 Å². The largest absolute Gasteiger partial charge is 0.322 e. The van der Waals surface area contributed by atoms with E-state index < -0.39 is 23.1 Å². The van der Waals surface area contributed by atoms with Gasteiger partial charge in [-0.3, -0.25) is 14.2 Å². The number of amides is 1. The van der Waals surface area contributed by atoms with Crippen molar-refractivity contribution in [2.75, 3.05) is 5.32 Å². The van der Waals surface area contributed by atoms with E-state index in [1.54, 1.807) is 30.3 Å². The highest BCUT2D eigenvalue weighted by Crippen LogP contribution is 2.16. The smallest absolute Gasteiger partial charge is 0.265 e. The number of hydrogen-bond donors (Lipinski definition) is 1. The number of carbonyl (C=O) groups excluding carboxylic acids is 1. The Labute approximate surface area is 164 Å². The molecule has 0 atom stereocenters. The molecule has 2 heterocycles. The van der Waals surface area contributed by atoms with Crippen LogP contribution in [-0.2, 0) is 6.54 Å². The van der Waals surface area contributed by atoms with Crippen LogP contribution >= 0.6 is 0 Å². The average Bonchev–Trinajstić information content (AvgIpc) is 2.71. The molecule has 0 bridgehead atoms. The molecule has 2 aromatic carbocycles. The second kappa shape index (κ2) is 7.63. The quantitative estimate of drug-likeness (QED) is 0.572. The van der Waals surface area contributed by atoms with Gasteiger partial charge in [0.05, 0.1) is 6.54 Å². The molecule has 0 aliphatic rings. The molecule has 7 heteroatoms. The molecule has 0 spiro atoms. The molecule has 144 valence electrons. The summed E-state index contributed by atoms with van der Waals surface area (Å²) in [6.07, 6.45) is 1.52. The van der Waals surface area contributed by atoms with Gasteiger partial charge in [-0.2, -0.15) is 0 Å². The highest BCUT2D eigenvalue weighted by atomic mass is 19.1. The second-order valence-corrected chi connectivity index (χ2v) is 6.42. The molecule has 29 heavy (non-hydrogen) atoms. The third-order valence-corrected chi connectivity index (χ3v) is 4.46. The number of aromatic nitrogens is 2. The highest BCUT2D eigenvalue weighted by Gasteiger charge is 2.17. The first-order valence-electron chi connectivity index (χ1n) is 8.82. The van der Waals surface area contributed by atoms with Crippen LogP contribution in [0.4, 0.5) is 14.5 Å². The van der Waals surface area contributed by atoms with Crippen LogP contribution in [0.15, 0.2) is 77.7 Å². The van der Waals surface area contributed by atoms with Crippen molar-refractivity contribution in [3.63, 3.8) is 0 Å². The van der Waals surface area contributed by atoms with Gasteiger partial charge in [-0.25, -0.2) is 13.8 Å². The lowest BCUT2D eigenvalue weighted by atomic mass is 10.1. The molecule has 1 N–H and O–H groups in total. The van der Waals surface area contributed by atoms with Crippen molar-refractivity contribution in [2.24, 2.45) is 0 Å². The molecule has 0 saturated carbocycles. The molecule has 1 amide bonds. The van der Waals surface area contributed by atoms with Crippen molar-refractivity contribution in [3.05, 3.63) is 106 Å². The minimum Gasteiger partial charge on any atom is -0.322 e. The van der Waals surface area contributed by atoms with Crippen molar-refractivity contribution in [2.45, 2.75) is 6.54 Å². The number of fused-ring (bicyclic) bond motifs is 1. The standard InChI is InChI=1S/C22H15F2N3O2/c23-16-7-3-8-17(12-16)26-21(28)18-11-14-6-4-10-25-20(14)27(22(18)29)13-15-5-1-2-9-19(15)24/h1-12H,13H2,(H,26,28). The molecule has 2 aromatic heterocycles. The van der Waals surface area contributed by atoms with Gasteiger partial charge in [-0.15, -0.1) is 0 Å². The first-order valence-corrected chi connectivity index (χ1v) is 8.82. The Morgan fingerprint density at radius 2 is 1.83 bits per heavy atom. The summed E-state index contributed by atoms with van der Waals surface area (Å²) in [4.78, 5) is 30.0. The Morgan fingerprint density at radius 3 is 2.62 bits per heavy atom. The van der Waals surface area contributed by atoms with Crippen LogP contribution in [0.3, 0.4) is 0 Å². The maximum absolute atomic E-state index is 14.1. The summed E-state index contributed by atoms with van der Waals surface area (Å²) in [6, 6.07) is 16.3. The van der Waals surface area contributed by atoms with Crippen LogP contribution in [0.5, 0.6) is 0 Å². The summed E-state index contributed by atoms with van der Waals surface area (Å²) in [5, 5.41) is 3.07. The summed E-state index contributed by atoms with van der Waals surface area (Å²) in [6.45, 7) is -0.0832. The SMILES string of the molecule is O=C(Nc1cccc(F)c1)c1cc2cccnc2n(Cc2ccccc2F)c1=O. The third-order valence-electron chi connectivity index (χ3n) is 4.46. The lowest BCUT2D eigenvalue weighted by molar-refractivity contribution is 0.102. The van der Waals surface area contributed by atoms with Crippen LogP contribution in [0.2, 0.25) is 0 Å². The van der Waals surface area contributed by atoms with Gasteiger partial charge in [-0.1, -0.05) is 24.3 Å². The lowest BCUT2D eigenvalue weighted by Gasteiger charge is -2.13. The van der Waals surface area contributed by atoms with Crippen LogP contribution < -0.4 is 10.9 Å². The molecule has 0 radical (unpaired) electrons. The van der Waals surface area contributed by atoms with Crippen LogP contribution in [0.25, 0.3) is 11.0 Å². The second-order valence-electron chi connectivity index (χ2n) is 6.42. The van der Waals surface area contributed by atoms with E-state index in [1.807, 2.05) is 0 Å². The van der Waals surface area contributed by atoms with Crippen LogP contribution in [-0.4, -0.2) is 15.5 Å². The van der Waals surface area contributed by atoms with Gasteiger partial charge < -0.3 is 5.32 Å². The normalized spacial score (nSPS) is 10.8. The number of halogens is 2. The summed E-state index contributed by atoms with van der Waals surface area (Å²) in [5.74, 6) is -1.66. The zero-order valence-corrected chi connectivity index (χ0v) is 15.1. The van der Waals surface area contributed by atoms with Crippen LogP contribution in [0.1, 0.15) is 15.9 Å². The molecule has 0 saturated heterocycles. The van der Waals surface area contributed by atoms with Gasteiger partial charge in [-0.05, 0) is 42.5 Å². The van der Waals surface area contributed by atoms with E-state index >= 15 is 0 Å². The number of hydrogen-bond acceptors (Lipinski definition) is 3. The summed E-state index contributed by atoms with van der Waals surface area (Å²) >= 11 is 0. The predicted molar refractivity (Wildman–Crippen MR) is 106 cm³/mol. The van der Waals surface area contributed by atoms with Gasteiger partial charge in [0.25, 0.3) is 11.5 Å². The number of nitrogens with zero attached hydrogens (tertiary/aromatic N) is 2. The van der Waals surface area contributed by atoms with Gasteiger partial charge in [0, 0.05) is 22.8 Å². The fourth-order valence-electron chi connectivity index (χ4n) is 3.08. The summed E-state index contributed by atoms with van der Waals surface area (Å²) in [5.41, 5.74) is 0.0908. The average molecular weight is 391 g/mol. The van der Waals surface area contributed by atoms with Gasteiger partial charge in [0.1, 0.15) is 22.8 Å². The van der Waals surface area contributed by atoms with Crippen molar-refractivity contribution in [1.82, 2.24) is 9.55 Å². The molecular weight excluding hydrogens is 376 g/mol. The molecule has 0 fully saturated rings. The maximum atomic E-state index is 14.1. The highest BCUT2D eigenvalue weighted by molar-refractivity contribution is 6.05. The maximum Gasteiger partial charge on any atom is 0.265 e. The zero-order valence-electron chi connectivity index (χ0n) is 15.1. The van der Waals surface area contributed by atoms with Gasteiger partial charge >= 0.3 is 0 Å². The summed E-state index contributed by atoms with van der Waals surface area (Å²) in [7, 11) is 0. The van der Waals surface area contributed by atoms with Crippen LogP contribution in [0, 0.1) is 11.6 Å². The minimum atomic E-state index is -0.686. The Kier molecular flexibility index (Phi) is 4.87. The Morgan fingerprint density at radius 1 is 1.00 bits per heavy atom. The van der Waals surface area contributed by atoms with E-state index in [9.17, 15) is 18.4 Å². The molecule has 0 aliphatic heterocycles. The molecule has 4 rings (SSSR count). The predicted octanol–water partition coefficient (Wildman–Crippen LogP) is 3.98. The Hall–Kier alpha value is -3.87. The fraction of sp³-hybridized carbons (Fsp3) is 0.0455. The van der Waals surface area contributed by atoms with Crippen molar-refractivity contribution in [1.29, 1.82) is 0 Å². The zero-order chi connectivity index (χ0) is 20.4. The van der Waals surface area contributed by atoms with Crippen molar-refractivity contribution in [3.8, 4) is 0 Å². The molecule has 0 aliphatic carbocycles.